The van der Waals surface area contributed by atoms with E-state index in [1.54, 1.807) is 0 Å². The molecule has 1 heterocycles. The molecule has 4 nitrogen and oxygen atoms in total. The van der Waals surface area contributed by atoms with E-state index in [2.05, 4.69) is 121 Å². The lowest BCUT2D eigenvalue weighted by Crippen LogP contribution is -2.24. The molecule has 0 radical (unpaired) electrons. The number of hydrogen-bond acceptors (Lipinski definition) is 3. The number of aromatic nitrogens is 1. The molecule has 3 aromatic carbocycles. The third kappa shape index (κ3) is 6.43. The third-order valence-electron chi connectivity index (χ3n) is 7.90. The number of fused-ring (bicyclic) bond motifs is 3. The summed E-state index contributed by atoms with van der Waals surface area (Å²) in [5.41, 5.74) is 7.80. The summed E-state index contributed by atoms with van der Waals surface area (Å²) in [5, 5.41) is 2.70. The molecule has 0 unspecified atom stereocenters. The Morgan fingerprint density at radius 2 is 0.750 bits per heavy atom. The highest BCUT2D eigenvalue weighted by atomic mass is 15.1. The number of nitrogens with zero attached hydrogens (tertiary/aromatic N) is 4. The maximum atomic E-state index is 2.55. The van der Waals surface area contributed by atoms with Crippen LogP contribution >= 0.6 is 0 Å². The van der Waals surface area contributed by atoms with E-state index in [1.807, 2.05) is 0 Å². The monoisotopic (exact) mass is 540 g/mol. The van der Waals surface area contributed by atoms with E-state index in [0.29, 0.717) is 0 Å². The van der Waals surface area contributed by atoms with Crippen LogP contribution in [0.5, 0.6) is 0 Å². The molecule has 0 fully saturated rings. The molecule has 4 rings (SSSR count). The van der Waals surface area contributed by atoms with E-state index >= 15 is 0 Å². The summed E-state index contributed by atoms with van der Waals surface area (Å²) in [5.74, 6) is 0. The van der Waals surface area contributed by atoms with Gasteiger partial charge in [0.15, 0.2) is 0 Å². The van der Waals surface area contributed by atoms with Gasteiger partial charge in [0.2, 0.25) is 0 Å². The molecule has 0 aliphatic carbocycles. The normalized spacial score (nSPS) is 11.4. The lowest BCUT2D eigenvalue weighted by Gasteiger charge is -2.24. The molecule has 0 aliphatic heterocycles. The van der Waals surface area contributed by atoms with Crippen LogP contribution in [0.2, 0.25) is 0 Å². The first kappa shape index (κ1) is 29.8. The lowest BCUT2D eigenvalue weighted by molar-refractivity contribution is 0.745. The van der Waals surface area contributed by atoms with Gasteiger partial charge in [0.1, 0.15) is 0 Å². The first-order valence-corrected chi connectivity index (χ1v) is 16.0. The van der Waals surface area contributed by atoms with Crippen LogP contribution in [-0.2, 0) is 0 Å². The fraction of sp³-hybridized carbons (Fsp3) is 0.500. The zero-order valence-electron chi connectivity index (χ0n) is 26.0. The predicted molar refractivity (Wildman–Crippen MR) is 179 cm³/mol. The van der Waals surface area contributed by atoms with Crippen LogP contribution in [0.3, 0.4) is 0 Å². The molecule has 0 bridgehead atoms. The van der Waals surface area contributed by atoms with E-state index < -0.39 is 0 Å². The van der Waals surface area contributed by atoms with E-state index in [4.69, 9.17) is 0 Å². The van der Waals surface area contributed by atoms with E-state index in [9.17, 15) is 0 Å². The fourth-order valence-electron chi connectivity index (χ4n) is 6.21. The van der Waals surface area contributed by atoms with Gasteiger partial charge in [-0.2, -0.15) is 0 Å². The average molecular weight is 541 g/mol. The summed E-state index contributed by atoms with van der Waals surface area (Å²) in [4.78, 5) is 7.62. The Labute approximate surface area is 243 Å². The van der Waals surface area contributed by atoms with Crippen LogP contribution in [0, 0.1) is 0 Å². The molecule has 0 saturated carbocycles. The standard InChI is InChI=1S/C36H52N4/c1-7-21-37(22-8-2)29-13-15-30(16-14-29)40-35-19-17-31(38(23-9-3)24-10-4)27-33(35)34-28-32(18-20-36(34)40)39(25-11-5)26-12-6/h13-20,27-28H,7-12,21-26H2,1-6H3. The minimum atomic E-state index is 1.09. The fourth-order valence-corrected chi connectivity index (χ4v) is 6.21. The van der Waals surface area contributed by atoms with Crippen LogP contribution in [0.25, 0.3) is 27.5 Å². The molecule has 1 aromatic heterocycles. The summed E-state index contributed by atoms with van der Waals surface area (Å²) in [6.45, 7) is 20.2. The Balaban J connectivity index is 1.89. The molecule has 0 atom stereocenters. The smallest absolute Gasteiger partial charge is 0.0542 e. The van der Waals surface area contributed by atoms with Crippen molar-refractivity contribution in [2.75, 3.05) is 54.0 Å². The first-order valence-electron chi connectivity index (χ1n) is 16.0. The minimum absolute atomic E-state index is 1.09. The Morgan fingerprint density at radius 3 is 1.10 bits per heavy atom. The van der Waals surface area contributed by atoms with Crippen molar-refractivity contribution in [3.8, 4) is 5.69 Å². The largest absolute Gasteiger partial charge is 0.372 e. The van der Waals surface area contributed by atoms with Crippen LogP contribution in [0.4, 0.5) is 17.1 Å². The zero-order valence-corrected chi connectivity index (χ0v) is 26.0. The molecule has 0 aliphatic rings. The zero-order chi connectivity index (χ0) is 28.5. The minimum Gasteiger partial charge on any atom is -0.372 e. The first-order chi connectivity index (χ1) is 19.6. The van der Waals surface area contributed by atoms with Gasteiger partial charge < -0.3 is 19.3 Å². The third-order valence-corrected chi connectivity index (χ3v) is 7.90. The lowest BCUT2D eigenvalue weighted by atomic mass is 10.1. The number of anilines is 3. The summed E-state index contributed by atoms with van der Waals surface area (Å²) >= 11 is 0. The Hall–Kier alpha value is -3.14. The molecule has 4 heteroatoms. The Bertz CT molecular complexity index is 1250. The van der Waals surface area contributed by atoms with E-state index in [0.717, 1.165) is 65.0 Å². The SMILES string of the molecule is CCCN(CCC)c1ccc(-n2c3ccc(N(CCC)CCC)cc3c3cc(N(CCC)CCC)ccc32)cc1. The van der Waals surface area contributed by atoms with Gasteiger partial charge in [-0.15, -0.1) is 0 Å². The van der Waals surface area contributed by atoms with Gasteiger partial charge in [-0.05, 0) is 99.2 Å². The van der Waals surface area contributed by atoms with E-state index in [1.165, 1.54) is 57.4 Å². The van der Waals surface area contributed by atoms with Crippen molar-refractivity contribution in [3.05, 3.63) is 60.7 Å². The Kier molecular flexibility index (Phi) is 10.8. The van der Waals surface area contributed by atoms with Crippen LogP contribution in [0.1, 0.15) is 80.1 Å². The molecule has 40 heavy (non-hydrogen) atoms. The van der Waals surface area contributed by atoms with Gasteiger partial charge in [0, 0.05) is 72.8 Å². The summed E-state index contributed by atoms with van der Waals surface area (Å²) < 4.78 is 2.47. The second-order valence-electron chi connectivity index (χ2n) is 11.2. The maximum Gasteiger partial charge on any atom is 0.0542 e. The number of hydrogen-bond donors (Lipinski definition) is 0. The Morgan fingerprint density at radius 1 is 0.425 bits per heavy atom. The topological polar surface area (TPSA) is 14.7 Å². The molecular weight excluding hydrogens is 488 g/mol. The summed E-state index contributed by atoms with van der Waals surface area (Å²) in [6.07, 6.45) is 6.97. The highest BCUT2D eigenvalue weighted by molar-refractivity contribution is 6.11. The van der Waals surface area contributed by atoms with Crippen molar-refractivity contribution < 1.29 is 0 Å². The average Bonchev–Trinajstić information content (AvgIpc) is 3.30. The van der Waals surface area contributed by atoms with Crippen molar-refractivity contribution in [1.82, 2.24) is 4.57 Å². The van der Waals surface area contributed by atoms with Gasteiger partial charge in [-0.1, -0.05) is 41.5 Å². The molecule has 0 amide bonds. The van der Waals surface area contributed by atoms with Crippen molar-refractivity contribution >= 4 is 38.9 Å². The highest BCUT2D eigenvalue weighted by Crippen LogP contribution is 2.37. The molecule has 0 N–H and O–H groups in total. The highest BCUT2D eigenvalue weighted by Gasteiger charge is 2.17. The predicted octanol–water partition coefficient (Wildman–Crippen LogP) is 9.66. The van der Waals surface area contributed by atoms with Crippen LogP contribution in [-0.4, -0.2) is 43.8 Å². The summed E-state index contributed by atoms with van der Waals surface area (Å²) in [6, 6.07) is 23.5. The quantitative estimate of drug-likeness (QED) is 0.141. The maximum absolute atomic E-state index is 2.55. The van der Waals surface area contributed by atoms with Crippen molar-refractivity contribution in [2.24, 2.45) is 0 Å². The summed E-state index contributed by atoms with van der Waals surface area (Å²) in [7, 11) is 0. The van der Waals surface area contributed by atoms with Gasteiger partial charge in [0.05, 0.1) is 11.0 Å². The van der Waals surface area contributed by atoms with Gasteiger partial charge in [-0.3, -0.25) is 0 Å². The molecular formula is C36H52N4. The molecule has 216 valence electrons. The van der Waals surface area contributed by atoms with Gasteiger partial charge in [-0.25, -0.2) is 0 Å². The number of rotatable bonds is 16. The second kappa shape index (κ2) is 14.5. The molecule has 0 spiro atoms. The molecule has 4 aromatic rings. The molecule has 0 saturated heterocycles. The van der Waals surface area contributed by atoms with Crippen LogP contribution in [0.15, 0.2) is 60.7 Å². The van der Waals surface area contributed by atoms with E-state index in [-0.39, 0.29) is 0 Å². The second-order valence-corrected chi connectivity index (χ2v) is 11.2. The van der Waals surface area contributed by atoms with Crippen molar-refractivity contribution in [3.63, 3.8) is 0 Å². The number of benzene rings is 3. The van der Waals surface area contributed by atoms with Crippen LogP contribution < -0.4 is 14.7 Å². The van der Waals surface area contributed by atoms with Gasteiger partial charge in [0.25, 0.3) is 0 Å². The van der Waals surface area contributed by atoms with Crippen molar-refractivity contribution in [2.45, 2.75) is 80.1 Å². The van der Waals surface area contributed by atoms with Gasteiger partial charge >= 0.3 is 0 Å². The van der Waals surface area contributed by atoms with Crippen molar-refractivity contribution in [1.29, 1.82) is 0 Å².